The molecule has 0 bridgehead atoms. The maximum absolute atomic E-state index is 13.1. The van der Waals surface area contributed by atoms with Gasteiger partial charge in [0.05, 0.1) is 11.2 Å². The highest BCUT2D eigenvalue weighted by Crippen LogP contribution is 2.29. The van der Waals surface area contributed by atoms with Gasteiger partial charge >= 0.3 is 6.09 Å². The van der Waals surface area contributed by atoms with Crippen LogP contribution in [0.1, 0.15) is 16.6 Å². The number of hydrogen-bond acceptors (Lipinski definition) is 5. The summed E-state index contributed by atoms with van der Waals surface area (Å²) in [6.45, 7) is 1.69. The van der Waals surface area contributed by atoms with Crippen molar-refractivity contribution in [2.75, 3.05) is 6.54 Å². The molecular weight excluding hydrogens is 366 g/mol. The maximum Gasteiger partial charge on any atom is 0.412 e. The van der Waals surface area contributed by atoms with Gasteiger partial charge in [0.1, 0.15) is 16.8 Å². The molecule has 0 aliphatic carbocycles. The van der Waals surface area contributed by atoms with Gasteiger partial charge in [0, 0.05) is 6.54 Å². The van der Waals surface area contributed by atoms with E-state index in [-0.39, 0.29) is 17.2 Å². The quantitative estimate of drug-likeness (QED) is 0.696. The molecule has 6 nitrogen and oxygen atoms in total. The third-order valence-electron chi connectivity index (χ3n) is 3.97. The average molecular weight is 385 g/mol. The average Bonchev–Trinajstić information content (AvgIpc) is 3.17. The van der Waals surface area contributed by atoms with Crippen LogP contribution in [0.5, 0.6) is 5.75 Å². The van der Waals surface area contributed by atoms with Crippen LogP contribution in [0.25, 0.3) is 0 Å². The Labute approximate surface area is 157 Å². The number of rotatable bonds is 6. The predicted octanol–water partition coefficient (Wildman–Crippen LogP) is 3.89. The summed E-state index contributed by atoms with van der Waals surface area (Å²) >= 11 is 0. The Morgan fingerprint density at radius 3 is 2.37 bits per heavy atom. The van der Waals surface area contributed by atoms with Crippen LogP contribution in [-0.4, -0.2) is 21.1 Å². The molecule has 27 heavy (non-hydrogen) atoms. The summed E-state index contributed by atoms with van der Waals surface area (Å²) in [6, 6.07) is 18.2. The van der Waals surface area contributed by atoms with Crippen LogP contribution in [0.15, 0.2) is 82.3 Å². The molecule has 3 aromatic rings. The number of benzene rings is 2. The largest absolute Gasteiger partial charge is 0.468 e. The highest BCUT2D eigenvalue weighted by atomic mass is 32.2. The zero-order valence-electron chi connectivity index (χ0n) is 14.7. The van der Waals surface area contributed by atoms with E-state index in [1.807, 2.05) is 6.92 Å². The molecule has 0 saturated carbocycles. The van der Waals surface area contributed by atoms with Gasteiger partial charge in [0.2, 0.25) is 0 Å². The Bertz CT molecular complexity index is 981. The van der Waals surface area contributed by atoms with Gasteiger partial charge in [-0.1, -0.05) is 35.9 Å². The lowest BCUT2D eigenvalue weighted by molar-refractivity contribution is 0.200. The Hall–Kier alpha value is -3.06. The lowest BCUT2D eigenvalue weighted by Gasteiger charge is -2.16. The van der Waals surface area contributed by atoms with Crippen molar-refractivity contribution in [1.82, 2.24) is 5.32 Å². The zero-order valence-corrected chi connectivity index (χ0v) is 15.5. The SMILES string of the molecule is Cc1ccc(S(=O)(=O)[C@@H](CNC(=O)Oc2ccccc2)c2ccco2)cc1. The van der Waals surface area contributed by atoms with E-state index >= 15 is 0 Å². The van der Waals surface area contributed by atoms with Crippen LogP contribution in [0, 0.1) is 6.92 Å². The second kappa shape index (κ2) is 8.09. The number of carbonyl (C=O) groups is 1. The van der Waals surface area contributed by atoms with Crippen molar-refractivity contribution in [2.24, 2.45) is 0 Å². The smallest absolute Gasteiger partial charge is 0.412 e. The van der Waals surface area contributed by atoms with Crippen molar-refractivity contribution in [2.45, 2.75) is 17.1 Å². The summed E-state index contributed by atoms with van der Waals surface area (Å²) in [5.41, 5.74) is 0.952. The molecule has 1 heterocycles. The summed E-state index contributed by atoms with van der Waals surface area (Å²) in [5, 5.41) is 1.44. The van der Waals surface area contributed by atoms with Crippen LogP contribution in [0.4, 0.5) is 4.79 Å². The lowest BCUT2D eigenvalue weighted by atomic mass is 10.2. The van der Waals surface area contributed by atoms with E-state index in [4.69, 9.17) is 9.15 Å². The van der Waals surface area contributed by atoms with Crippen LogP contribution >= 0.6 is 0 Å². The minimum atomic E-state index is -3.77. The molecule has 7 heteroatoms. The molecule has 1 aromatic heterocycles. The summed E-state index contributed by atoms with van der Waals surface area (Å²) < 4.78 is 36.6. The number of hydrogen-bond donors (Lipinski definition) is 1. The number of amides is 1. The van der Waals surface area contributed by atoms with Crippen LogP contribution in [0.2, 0.25) is 0 Å². The number of furan rings is 1. The summed E-state index contributed by atoms with van der Waals surface area (Å²) in [7, 11) is -3.77. The van der Waals surface area contributed by atoms with Gasteiger partial charge in [-0.05, 0) is 43.3 Å². The van der Waals surface area contributed by atoms with Crippen LogP contribution in [-0.2, 0) is 9.84 Å². The third kappa shape index (κ3) is 4.57. The lowest BCUT2D eigenvalue weighted by Crippen LogP contribution is -2.33. The molecule has 1 amide bonds. The summed E-state index contributed by atoms with van der Waals surface area (Å²) in [4.78, 5) is 12.2. The van der Waals surface area contributed by atoms with Crippen molar-refractivity contribution in [1.29, 1.82) is 0 Å². The van der Waals surface area contributed by atoms with Gasteiger partial charge in [0.25, 0.3) is 0 Å². The Balaban J connectivity index is 1.78. The number of nitrogens with one attached hydrogen (secondary N) is 1. The molecule has 2 aromatic carbocycles. The highest BCUT2D eigenvalue weighted by Gasteiger charge is 2.32. The fourth-order valence-corrected chi connectivity index (χ4v) is 4.12. The standard InChI is InChI=1S/C20H19NO5S/c1-15-9-11-17(12-10-15)27(23,24)19(18-8-5-13-25-18)14-21-20(22)26-16-6-3-2-4-7-16/h2-13,19H,14H2,1H3,(H,21,22)/t19-/m0/s1. The van der Waals surface area contributed by atoms with Crippen molar-refractivity contribution < 1.29 is 22.4 Å². The predicted molar refractivity (Wildman–Crippen MR) is 100 cm³/mol. The molecule has 0 aliphatic heterocycles. The summed E-state index contributed by atoms with van der Waals surface area (Å²) in [5.74, 6) is 0.613. The minimum absolute atomic E-state index is 0.160. The van der Waals surface area contributed by atoms with E-state index in [2.05, 4.69) is 5.32 Å². The fraction of sp³-hybridized carbons (Fsp3) is 0.150. The molecule has 0 unspecified atom stereocenters. The fourth-order valence-electron chi connectivity index (χ4n) is 2.54. The molecule has 0 saturated heterocycles. The van der Waals surface area contributed by atoms with Crippen molar-refractivity contribution >= 4 is 15.9 Å². The van der Waals surface area contributed by atoms with Crippen LogP contribution < -0.4 is 10.1 Å². The van der Waals surface area contributed by atoms with E-state index < -0.39 is 21.2 Å². The maximum atomic E-state index is 13.1. The Kier molecular flexibility index (Phi) is 5.61. The first kappa shape index (κ1) is 18.7. The molecule has 0 aliphatic rings. The Morgan fingerprint density at radius 2 is 1.74 bits per heavy atom. The highest BCUT2D eigenvalue weighted by molar-refractivity contribution is 7.91. The molecular formula is C20H19NO5S. The first-order valence-corrected chi connectivity index (χ1v) is 9.86. The van der Waals surface area contributed by atoms with Gasteiger partial charge in [-0.25, -0.2) is 13.2 Å². The molecule has 0 spiro atoms. The normalized spacial score (nSPS) is 12.3. The Morgan fingerprint density at radius 1 is 1.04 bits per heavy atom. The van der Waals surface area contributed by atoms with Gasteiger partial charge < -0.3 is 14.5 Å². The van der Waals surface area contributed by atoms with Crippen molar-refractivity contribution in [3.8, 4) is 5.75 Å². The number of para-hydroxylation sites is 1. The first-order chi connectivity index (χ1) is 13.0. The first-order valence-electron chi connectivity index (χ1n) is 8.31. The van der Waals surface area contributed by atoms with E-state index in [0.717, 1.165) is 5.56 Å². The second-order valence-corrected chi connectivity index (χ2v) is 8.08. The molecule has 1 N–H and O–H groups in total. The van der Waals surface area contributed by atoms with E-state index in [1.165, 1.54) is 6.26 Å². The van der Waals surface area contributed by atoms with Gasteiger partial charge in [0.15, 0.2) is 9.84 Å². The second-order valence-electron chi connectivity index (χ2n) is 5.95. The zero-order chi connectivity index (χ0) is 19.3. The molecule has 140 valence electrons. The molecule has 0 radical (unpaired) electrons. The van der Waals surface area contributed by atoms with Gasteiger partial charge in [-0.2, -0.15) is 0 Å². The van der Waals surface area contributed by atoms with Crippen molar-refractivity contribution in [3.05, 3.63) is 84.3 Å². The third-order valence-corrected chi connectivity index (χ3v) is 6.05. The van der Waals surface area contributed by atoms with E-state index in [0.29, 0.717) is 5.75 Å². The van der Waals surface area contributed by atoms with E-state index in [1.54, 1.807) is 66.7 Å². The van der Waals surface area contributed by atoms with Gasteiger partial charge in [-0.15, -0.1) is 0 Å². The number of carbonyl (C=O) groups excluding carboxylic acids is 1. The molecule has 3 rings (SSSR count). The number of ether oxygens (including phenoxy) is 1. The number of sulfone groups is 1. The summed E-state index contributed by atoms with van der Waals surface area (Å²) in [6.07, 6.45) is 0.659. The minimum Gasteiger partial charge on any atom is -0.468 e. The topological polar surface area (TPSA) is 85.6 Å². The number of aryl methyl sites for hydroxylation is 1. The monoisotopic (exact) mass is 385 g/mol. The molecule has 1 atom stereocenters. The van der Waals surface area contributed by atoms with Crippen molar-refractivity contribution in [3.63, 3.8) is 0 Å². The van der Waals surface area contributed by atoms with Crippen LogP contribution in [0.3, 0.4) is 0 Å². The molecule has 0 fully saturated rings. The van der Waals surface area contributed by atoms with E-state index in [9.17, 15) is 13.2 Å². The van der Waals surface area contributed by atoms with Gasteiger partial charge in [-0.3, -0.25) is 0 Å².